The Hall–Kier alpha value is -2.44. The minimum Gasteiger partial charge on any atom is -0.495 e. The van der Waals surface area contributed by atoms with E-state index in [4.69, 9.17) is 14.2 Å². The number of benzene rings is 1. The van der Waals surface area contributed by atoms with Gasteiger partial charge in [-0.05, 0) is 32.0 Å². The number of nitrogens with one attached hydrogen (secondary N) is 2. The molecule has 0 aliphatic carbocycles. The molecule has 0 spiro atoms. The zero-order valence-electron chi connectivity index (χ0n) is 11.7. The van der Waals surface area contributed by atoms with E-state index >= 15 is 0 Å². The van der Waals surface area contributed by atoms with Gasteiger partial charge in [-0.2, -0.15) is 0 Å². The third-order valence-electron chi connectivity index (χ3n) is 2.23. The third kappa shape index (κ3) is 4.68. The molecular weight excluding hydrogens is 264 g/mol. The van der Waals surface area contributed by atoms with Crippen LogP contribution in [0.3, 0.4) is 0 Å². The molecule has 0 heterocycles. The summed E-state index contributed by atoms with van der Waals surface area (Å²) in [5.74, 6) is 0.451. The summed E-state index contributed by atoms with van der Waals surface area (Å²) in [6, 6.07) is 4.79. The minimum atomic E-state index is -0.598. The zero-order chi connectivity index (χ0) is 15.0. The molecule has 0 saturated heterocycles. The standard InChI is InChI=1S/C13H18N2O5/c1-4-19-12(16)14-9-6-7-11(18-3)10(8-9)15-13(17)20-5-2/h6-8H,4-5H2,1-3H3,(H,14,16)(H,15,17). The van der Waals surface area contributed by atoms with Gasteiger partial charge in [0.2, 0.25) is 0 Å². The Morgan fingerprint density at radius 2 is 1.65 bits per heavy atom. The molecule has 0 saturated carbocycles. The van der Waals surface area contributed by atoms with E-state index < -0.39 is 12.2 Å². The predicted molar refractivity (Wildman–Crippen MR) is 74.3 cm³/mol. The van der Waals surface area contributed by atoms with Gasteiger partial charge in [0.15, 0.2) is 0 Å². The Morgan fingerprint density at radius 3 is 2.20 bits per heavy atom. The Bertz CT molecular complexity index is 476. The van der Waals surface area contributed by atoms with Crippen LogP contribution < -0.4 is 15.4 Å². The summed E-state index contributed by atoms with van der Waals surface area (Å²) in [4.78, 5) is 22.7. The molecule has 0 bridgehead atoms. The Kier molecular flexibility index (Phi) is 6.15. The molecule has 0 fully saturated rings. The highest BCUT2D eigenvalue weighted by Gasteiger charge is 2.10. The quantitative estimate of drug-likeness (QED) is 0.867. The van der Waals surface area contributed by atoms with Gasteiger partial charge in [-0.25, -0.2) is 9.59 Å². The highest BCUT2D eigenvalue weighted by atomic mass is 16.6. The van der Waals surface area contributed by atoms with E-state index in [-0.39, 0.29) is 13.2 Å². The van der Waals surface area contributed by atoms with E-state index in [1.165, 1.54) is 7.11 Å². The first-order valence-electron chi connectivity index (χ1n) is 6.16. The first-order valence-corrected chi connectivity index (χ1v) is 6.16. The van der Waals surface area contributed by atoms with E-state index in [2.05, 4.69) is 10.6 Å². The minimum absolute atomic E-state index is 0.259. The summed E-state index contributed by atoms with van der Waals surface area (Å²) in [7, 11) is 1.48. The maximum Gasteiger partial charge on any atom is 0.411 e. The van der Waals surface area contributed by atoms with Crippen LogP contribution in [-0.2, 0) is 9.47 Å². The number of rotatable bonds is 5. The Morgan fingerprint density at radius 1 is 1.05 bits per heavy atom. The molecule has 1 aromatic carbocycles. The summed E-state index contributed by atoms with van der Waals surface area (Å²) in [5.41, 5.74) is 0.858. The first-order chi connectivity index (χ1) is 9.60. The van der Waals surface area contributed by atoms with Crippen molar-refractivity contribution >= 4 is 23.6 Å². The molecule has 20 heavy (non-hydrogen) atoms. The highest BCUT2D eigenvalue weighted by molar-refractivity contribution is 5.90. The van der Waals surface area contributed by atoms with Crippen molar-refractivity contribution in [1.29, 1.82) is 0 Å². The van der Waals surface area contributed by atoms with Gasteiger partial charge in [0.1, 0.15) is 5.75 Å². The van der Waals surface area contributed by atoms with E-state index in [0.717, 1.165) is 0 Å². The van der Waals surface area contributed by atoms with Crippen molar-refractivity contribution < 1.29 is 23.8 Å². The lowest BCUT2D eigenvalue weighted by atomic mass is 10.2. The molecule has 1 rings (SSSR count). The van der Waals surface area contributed by atoms with E-state index in [9.17, 15) is 9.59 Å². The van der Waals surface area contributed by atoms with Gasteiger partial charge in [0.25, 0.3) is 0 Å². The second-order valence-corrected chi connectivity index (χ2v) is 3.61. The van der Waals surface area contributed by atoms with E-state index in [1.54, 1.807) is 32.0 Å². The topological polar surface area (TPSA) is 85.9 Å². The van der Waals surface area contributed by atoms with Gasteiger partial charge in [-0.1, -0.05) is 0 Å². The van der Waals surface area contributed by atoms with Crippen LogP contribution in [0.5, 0.6) is 5.75 Å². The van der Waals surface area contributed by atoms with Crippen molar-refractivity contribution in [2.24, 2.45) is 0 Å². The normalized spacial score (nSPS) is 9.55. The highest BCUT2D eigenvalue weighted by Crippen LogP contribution is 2.28. The molecule has 2 N–H and O–H groups in total. The van der Waals surface area contributed by atoms with Crippen molar-refractivity contribution in [3.05, 3.63) is 18.2 Å². The third-order valence-corrected chi connectivity index (χ3v) is 2.23. The van der Waals surface area contributed by atoms with Crippen molar-refractivity contribution in [2.75, 3.05) is 31.0 Å². The fourth-order valence-electron chi connectivity index (χ4n) is 1.45. The number of amides is 2. The number of anilines is 2. The number of hydrogen-bond acceptors (Lipinski definition) is 5. The Labute approximate surface area is 117 Å². The average Bonchev–Trinajstić information content (AvgIpc) is 2.39. The number of methoxy groups -OCH3 is 1. The molecule has 2 amide bonds. The van der Waals surface area contributed by atoms with Gasteiger partial charge in [-0.3, -0.25) is 10.6 Å². The maximum absolute atomic E-state index is 11.4. The van der Waals surface area contributed by atoms with Crippen LogP contribution in [0, 0.1) is 0 Å². The fourth-order valence-corrected chi connectivity index (χ4v) is 1.45. The smallest absolute Gasteiger partial charge is 0.411 e. The van der Waals surface area contributed by atoms with Crippen molar-refractivity contribution in [2.45, 2.75) is 13.8 Å². The predicted octanol–water partition coefficient (Wildman–Crippen LogP) is 2.83. The molecule has 0 atom stereocenters. The second-order valence-electron chi connectivity index (χ2n) is 3.61. The SMILES string of the molecule is CCOC(=O)Nc1ccc(OC)c(NC(=O)OCC)c1. The van der Waals surface area contributed by atoms with Crippen LogP contribution in [0.1, 0.15) is 13.8 Å². The summed E-state index contributed by atoms with van der Waals surface area (Å²) in [6.45, 7) is 3.95. The van der Waals surface area contributed by atoms with Crippen molar-refractivity contribution in [3.63, 3.8) is 0 Å². The second kappa shape index (κ2) is 7.88. The number of ether oxygens (including phenoxy) is 3. The molecule has 110 valence electrons. The molecular formula is C13H18N2O5. The van der Waals surface area contributed by atoms with Crippen LogP contribution in [0.4, 0.5) is 21.0 Å². The van der Waals surface area contributed by atoms with Crippen LogP contribution in [-0.4, -0.2) is 32.5 Å². The average molecular weight is 282 g/mol. The fraction of sp³-hybridized carbons (Fsp3) is 0.385. The number of carbonyl (C=O) groups is 2. The van der Waals surface area contributed by atoms with Gasteiger partial charge in [0.05, 0.1) is 26.0 Å². The maximum atomic E-state index is 11.4. The van der Waals surface area contributed by atoms with E-state index in [1.807, 2.05) is 0 Å². The van der Waals surface area contributed by atoms with Crippen LogP contribution in [0.25, 0.3) is 0 Å². The molecule has 0 radical (unpaired) electrons. The largest absolute Gasteiger partial charge is 0.495 e. The monoisotopic (exact) mass is 282 g/mol. The van der Waals surface area contributed by atoms with Crippen LogP contribution >= 0.6 is 0 Å². The molecule has 0 unspecified atom stereocenters. The summed E-state index contributed by atoms with van der Waals surface area (Å²) < 4.78 is 14.7. The van der Waals surface area contributed by atoms with Gasteiger partial charge in [-0.15, -0.1) is 0 Å². The van der Waals surface area contributed by atoms with Gasteiger partial charge in [0, 0.05) is 5.69 Å². The number of carbonyl (C=O) groups excluding carboxylic acids is 2. The van der Waals surface area contributed by atoms with Gasteiger partial charge < -0.3 is 14.2 Å². The summed E-state index contributed by atoms with van der Waals surface area (Å²) in [6.07, 6.45) is -1.17. The molecule has 0 aliphatic heterocycles. The molecule has 7 heteroatoms. The lowest BCUT2D eigenvalue weighted by molar-refractivity contribution is 0.167. The van der Waals surface area contributed by atoms with Crippen molar-refractivity contribution in [3.8, 4) is 5.75 Å². The number of hydrogen-bond donors (Lipinski definition) is 2. The molecule has 7 nitrogen and oxygen atoms in total. The van der Waals surface area contributed by atoms with Crippen LogP contribution in [0.15, 0.2) is 18.2 Å². The van der Waals surface area contributed by atoms with Crippen molar-refractivity contribution in [1.82, 2.24) is 0 Å². The van der Waals surface area contributed by atoms with Crippen LogP contribution in [0.2, 0.25) is 0 Å². The zero-order valence-corrected chi connectivity index (χ0v) is 11.7. The molecule has 0 aromatic heterocycles. The first kappa shape index (κ1) is 15.6. The Balaban J connectivity index is 2.85. The van der Waals surface area contributed by atoms with E-state index in [0.29, 0.717) is 17.1 Å². The summed E-state index contributed by atoms with van der Waals surface area (Å²) in [5, 5.41) is 5.06. The lowest BCUT2D eigenvalue weighted by Crippen LogP contribution is -2.16. The van der Waals surface area contributed by atoms with Gasteiger partial charge >= 0.3 is 12.2 Å². The lowest BCUT2D eigenvalue weighted by Gasteiger charge is -2.12. The molecule has 1 aromatic rings. The summed E-state index contributed by atoms with van der Waals surface area (Å²) >= 11 is 0. The molecule has 0 aliphatic rings.